The maximum atomic E-state index is 12.9. The summed E-state index contributed by atoms with van der Waals surface area (Å²) in [6, 6.07) is 40.4. The van der Waals surface area contributed by atoms with Gasteiger partial charge >= 0.3 is 0 Å². The van der Waals surface area contributed by atoms with Gasteiger partial charge < -0.3 is 20.4 Å². The lowest BCUT2D eigenvalue weighted by Crippen LogP contribution is -2.04. The Bertz CT molecular complexity index is 2870. The number of phenolic OH excluding ortho intramolecular Hbond substituents is 4. The molecular formula is C62H66O4. The Kier molecular flexibility index (Phi) is 12.6. The zero-order valence-electron chi connectivity index (χ0n) is 40.8. The van der Waals surface area contributed by atoms with Crippen molar-refractivity contribution in [3.63, 3.8) is 0 Å². The van der Waals surface area contributed by atoms with Crippen LogP contribution in [0.15, 0.2) is 121 Å². The summed E-state index contributed by atoms with van der Waals surface area (Å²) in [7, 11) is 0. The van der Waals surface area contributed by atoms with Crippen molar-refractivity contribution in [3.8, 4) is 78.6 Å². The Balaban J connectivity index is 1.41. The molecule has 0 fully saturated rings. The highest BCUT2D eigenvalue weighted by atomic mass is 16.3. The van der Waals surface area contributed by atoms with Crippen LogP contribution < -0.4 is 0 Å². The van der Waals surface area contributed by atoms with Gasteiger partial charge in [0, 0.05) is 44.5 Å². The zero-order chi connectivity index (χ0) is 47.5. The van der Waals surface area contributed by atoms with Crippen molar-refractivity contribution in [2.75, 3.05) is 0 Å². The fraction of sp³-hybridized carbons (Fsp3) is 0.290. The third kappa shape index (κ3) is 7.99. The fourth-order valence-corrected chi connectivity index (χ4v) is 10.0. The number of rotatable bonds is 11. The van der Waals surface area contributed by atoms with Crippen LogP contribution in [0.25, 0.3) is 77.2 Å². The summed E-state index contributed by atoms with van der Waals surface area (Å²) in [5.74, 6) is 1.53. The third-order valence-corrected chi connectivity index (χ3v) is 13.7. The molecule has 0 aliphatic rings. The second-order valence-electron chi connectivity index (χ2n) is 20.2. The van der Waals surface area contributed by atoms with Gasteiger partial charge in [-0.3, -0.25) is 0 Å². The molecule has 8 aromatic rings. The number of hydrogen-bond acceptors (Lipinski definition) is 4. The maximum Gasteiger partial charge on any atom is 0.132 e. The number of fused-ring (bicyclic) bond motifs is 2. The minimum atomic E-state index is -0.0616. The molecular weight excluding hydrogens is 809 g/mol. The molecule has 0 spiro atoms. The van der Waals surface area contributed by atoms with Gasteiger partial charge in [0.15, 0.2) is 0 Å². The van der Waals surface area contributed by atoms with Crippen LogP contribution in [0.4, 0.5) is 0 Å². The summed E-state index contributed by atoms with van der Waals surface area (Å²) in [6.07, 6.45) is 0. The molecule has 0 aliphatic heterocycles. The number of hydrogen-bond donors (Lipinski definition) is 4. The Labute approximate surface area is 392 Å². The number of benzene rings is 8. The normalized spacial score (nSPS) is 12.1. The van der Waals surface area contributed by atoms with E-state index in [0.29, 0.717) is 45.2 Å². The average Bonchev–Trinajstić information content (AvgIpc) is 3.28. The predicted octanol–water partition coefficient (Wildman–Crippen LogP) is 17.9. The molecule has 8 aromatic carbocycles. The first-order valence-electron chi connectivity index (χ1n) is 23.9. The lowest BCUT2D eigenvalue weighted by molar-refractivity contribution is 0.467. The smallest absolute Gasteiger partial charge is 0.132 e. The highest BCUT2D eigenvalue weighted by Crippen LogP contribution is 2.55. The first-order valence-corrected chi connectivity index (χ1v) is 23.9. The van der Waals surface area contributed by atoms with Crippen LogP contribution in [0, 0.1) is 0 Å². The van der Waals surface area contributed by atoms with E-state index in [0.717, 1.165) is 43.8 Å². The molecule has 4 N–H and O–H groups in total. The Hall–Kier alpha value is -6.52. The van der Waals surface area contributed by atoms with Crippen LogP contribution in [0.2, 0.25) is 0 Å². The molecule has 0 amide bonds. The summed E-state index contributed by atoms with van der Waals surface area (Å²) in [4.78, 5) is 0. The molecule has 0 heterocycles. The highest BCUT2D eigenvalue weighted by Gasteiger charge is 2.28. The van der Waals surface area contributed by atoms with Crippen molar-refractivity contribution in [1.82, 2.24) is 0 Å². The first kappa shape index (κ1) is 46.0. The minimum Gasteiger partial charge on any atom is -0.507 e. The van der Waals surface area contributed by atoms with Crippen molar-refractivity contribution in [2.45, 2.75) is 119 Å². The van der Waals surface area contributed by atoms with Gasteiger partial charge in [0.25, 0.3) is 0 Å². The molecule has 0 bridgehead atoms. The van der Waals surface area contributed by atoms with E-state index in [9.17, 15) is 20.4 Å². The predicted molar refractivity (Wildman–Crippen MR) is 280 cm³/mol. The van der Waals surface area contributed by atoms with E-state index in [1.165, 1.54) is 33.4 Å². The molecule has 66 heavy (non-hydrogen) atoms. The van der Waals surface area contributed by atoms with Crippen molar-refractivity contribution < 1.29 is 20.4 Å². The SMILES string of the molecule is CC(C)c1cc(C(C)C)c(-c2cccc(-c3cc4ccccc4c(-c4c(O)c(-c5cccc(-c6c(C(C)C)cc(C(C)C)cc6C(C)C)c5O)cc5ccccc45)c3O)c2O)c(C(C)C)c1. The maximum absolute atomic E-state index is 12.9. The topological polar surface area (TPSA) is 80.9 Å². The van der Waals surface area contributed by atoms with Crippen molar-refractivity contribution in [1.29, 1.82) is 0 Å². The lowest BCUT2D eigenvalue weighted by Gasteiger charge is -2.25. The molecule has 0 saturated heterocycles. The Morgan fingerprint density at radius 2 is 0.576 bits per heavy atom. The van der Waals surface area contributed by atoms with E-state index < -0.39 is 0 Å². The van der Waals surface area contributed by atoms with Crippen molar-refractivity contribution in [3.05, 3.63) is 155 Å². The van der Waals surface area contributed by atoms with E-state index in [4.69, 9.17) is 0 Å². The van der Waals surface area contributed by atoms with E-state index in [1.807, 2.05) is 97.1 Å². The zero-order valence-corrected chi connectivity index (χ0v) is 40.8. The Morgan fingerprint density at radius 1 is 0.273 bits per heavy atom. The molecule has 0 aliphatic carbocycles. The number of phenols is 4. The van der Waals surface area contributed by atoms with Gasteiger partial charge in [0.05, 0.1) is 0 Å². The summed E-state index contributed by atoms with van der Waals surface area (Å²) >= 11 is 0. The van der Waals surface area contributed by atoms with Crippen molar-refractivity contribution in [2.24, 2.45) is 0 Å². The van der Waals surface area contributed by atoms with Crippen LogP contribution in [0.1, 0.15) is 152 Å². The quantitative estimate of drug-likeness (QED) is 0.104. The Morgan fingerprint density at radius 3 is 0.879 bits per heavy atom. The largest absolute Gasteiger partial charge is 0.507 e. The molecule has 4 nitrogen and oxygen atoms in total. The second kappa shape index (κ2) is 18.0. The van der Waals surface area contributed by atoms with Gasteiger partial charge in [-0.1, -0.05) is 192 Å². The molecule has 0 atom stereocenters. The van der Waals surface area contributed by atoms with Gasteiger partial charge in [0.2, 0.25) is 0 Å². The number of aromatic hydroxyl groups is 4. The highest BCUT2D eigenvalue weighted by molar-refractivity contribution is 6.14. The minimum absolute atomic E-state index is 0.0616. The summed E-state index contributed by atoms with van der Waals surface area (Å²) in [6.45, 7) is 26.5. The van der Waals surface area contributed by atoms with E-state index in [1.54, 1.807) is 0 Å². The van der Waals surface area contributed by atoms with Crippen LogP contribution in [0.5, 0.6) is 23.0 Å². The molecule has 338 valence electrons. The van der Waals surface area contributed by atoms with E-state index in [2.05, 4.69) is 107 Å². The lowest BCUT2D eigenvalue weighted by atomic mass is 9.80. The van der Waals surface area contributed by atoms with E-state index in [-0.39, 0.29) is 46.7 Å². The van der Waals surface area contributed by atoms with Crippen LogP contribution >= 0.6 is 0 Å². The van der Waals surface area contributed by atoms with Crippen LogP contribution in [-0.4, -0.2) is 20.4 Å². The van der Waals surface area contributed by atoms with Gasteiger partial charge in [0.1, 0.15) is 23.0 Å². The molecule has 0 aromatic heterocycles. The second-order valence-corrected chi connectivity index (χ2v) is 20.2. The molecule has 4 heteroatoms. The molecule has 8 rings (SSSR count). The van der Waals surface area contributed by atoms with Crippen LogP contribution in [-0.2, 0) is 0 Å². The number of para-hydroxylation sites is 2. The third-order valence-electron chi connectivity index (χ3n) is 13.7. The van der Waals surface area contributed by atoms with Gasteiger partial charge in [-0.25, -0.2) is 0 Å². The summed E-state index contributed by atoms with van der Waals surface area (Å²) in [5, 5.41) is 54.1. The van der Waals surface area contributed by atoms with Crippen molar-refractivity contribution >= 4 is 21.5 Å². The molecule has 0 radical (unpaired) electrons. The summed E-state index contributed by atoms with van der Waals surface area (Å²) in [5.41, 5.74) is 13.5. The standard InChI is InChI=1S/C62H66O4/c1-33(2)41-29-49(35(5)6)55(50(30-41)36(7)8)47-25-17-23-45(59(47)63)53-27-39-19-13-15-21-43(39)57(61(53)65)58-44-22-16-14-20-40(44)28-54(62(58)66)46-24-18-26-48(60(46)64)56-51(37(9)10)31-42(34(3)4)32-52(56)38(11)12/h13-38,63-66H,1-12H3. The van der Waals surface area contributed by atoms with Gasteiger partial charge in [-0.05, 0) is 114 Å². The van der Waals surface area contributed by atoms with Crippen LogP contribution in [0.3, 0.4) is 0 Å². The monoisotopic (exact) mass is 874 g/mol. The van der Waals surface area contributed by atoms with E-state index >= 15 is 0 Å². The average molecular weight is 875 g/mol. The molecule has 0 saturated carbocycles. The fourth-order valence-electron chi connectivity index (χ4n) is 10.0. The summed E-state index contributed by atoms with van der Waals surface area (Å²) < 4.78 is 0. The first-order chi connectivity index (χ1) is 31.4. The van der Waals surface area contributed by atoms with Gasteiger partial charge in [-0.15, -0.1) is 0 Å². The van der Waals surface area contributed by atoms with Gasteiger partial charge in [-0.2, -0.15) is 0 Å². The molecule has 0 unspecified atom stereocenters.